The van der Waals surface area contributed by atoms with Gasteiger partial charge < -0.3 is 24.2 Å². The van der Waals surface area contributed by atoms with Crippen LogP contribution in [0.25, 0.3) is 0 Å². The molecule has 0 heterocycles. The molecule has 1 aromatic rings. The van der Waals surface area contributed by atoms with Crippen LogP contribution in [0, 0.1) is 38.7 Å². The second-order valence-electron chi connectivity index (χ2n) is 12.6. The first-order chi connectivity index (χ1) is 20.8. The molecule has 44 heavy (non-hydrogen) atoms. The number of hydrogen-bond donors (Lipinski definition) is 1. The number of esters is 1. The number of carbonyl (C=O) groups excluding carboxylic acids is 4. The first-order valence-electron chi connectivity index (χ1n) is 14.9. The number of fused-ring (bicyclic) bond motifs is 5. The lowest BCUT2D eigenvalue weighted by Gasteiger charge is -2.59. The average Bonchev–Trinajstić information content (AvgIpc) is 3.27. The fourth-order valence-electron chi connectivity index (χ4n) is 8.39. The normalized spacial score (nSPS) is 33.6. The zero-order valence-corrected chi connectivity index (χ0v) is 25.0. The van der Waals surface area contributed by atoms with E-state index in [1.807, 2.05) is 19.9 Å². The standard InChI is InChI=1S/C32H37NO11/c1-4-41-29(38)44-32(26(36)18-42-28(37)20-7-5-19(6-8-20)17-43-33(39)40)14-12-24-23-10-9-21-15-22(34)11-13-30(21,2)27(23)25(35)16-31(24,32)3/h5-9,11,13,23-25,27,35H,4,10,12,14-18H2,1-3H3/t23-,24-,25-,27+,30-,31-,32-/m0/s1. The van der Waals surface area contributed by atoms with Gasteiger partial charge in [0.1, 0.15) is 6.61 Å². The average molecular weight is 612 g/mol. The summed E-state index contributed by atoms with van der Waals surface area (Å²) in [7, 11) is 0. The van der Waals surface area contributed by atoms with E-state index in [0.717, 1.165) is 5.57 Å². The SMILES string of the molecule is CCOC(=O)O[C@]1(C(=O)COC(=O)c2ccc(CO[N+](=O)[O-])cc2)CC[C@H]2[C@@H]3CC=C4CC(=O)C=C[C@]4(C)[C@H]3[C@@H](O)C[C@@]21C. The van der Waals surface area contributed by atoms with E-state index in [9.17, 15) is 34.4 Å². The highest BCUT2D eigenvalue weighted by molar-refractivity contribution is 5.96. The van der Waals surface area contributed by atoms with Gasteiger partial charge in [0.05, 0.1) is 18.3 Å². The predicted octanol–water partition coefficient (Wildman–Crippen LogP) is 4.31. The van der Waals surface area contributed by atoms with Crippen molar-refractivity contribution in [3.8, 4) is 0 Å². The molecular formula is C32H37NO11. The van der Waals surface area contributed by atoms with Gasteiger partial charge in [-0.2, -0.15) is 0 Å². The van der Waals surface area contributed by atoms with Crippen LogP contribution in [0.4, 0.5) is 4.79 Å². The number of ether oxygens (including phenoxy) is 3. The molecule has 0 unspecified atom stereocenters. The van der Waals surface area contributed by atoms with Gasteiger partial charge in [-0.1, -0.05) is 43.7 Å². The van der Waals surface area contributed by atoms with Crippen molar-refractivity contribution in [2.24, 2.45) is 28.6 Å². The molecule has 0 aliphatic heterocycles. The third-order valence-corrected chi connectivity index (χ3v) is 10.4. The third kappa shape index (κ3) is 5.29. The van der Waals surface area contributed by atoms with Crippen molar-refractivity contribution in [2.45, 2.75) is 71.2 Å². The van der Waals surface area contributed by atoms with Gasteiger partial charge in [-0.25, -0.2) is 9.59 Å². The van der Waals surface area contributed by atoms with E-state index in [4.69, 9.17) is 14.2 Å². The topological polar surface area (TPSA) is 169 Å². The molecule has 2 fully saturated rings. The molecule has 12 nitrogen and oxygen atoms in total. The number of allylic oxidation sites excluding steroid dienone is 4. The molecule has 236 valence electrons. The van der Waals surface area contributed by atoms with Crippen molar-refractivity contribution in [2.75, 3.05) is 13.2 Å². The Hall–Kier alpha value is -4.06. The summed E-state index contributed by atoms with van der Waals surface area (Å²) in [6.07, 6.45) is 5.53. The summed E-state index contributed by atoms with van der Waals surface area (Å²) < 4.78 is 16.4. The van der Waals surface area contributed by atoms with E-state index in [-0.39, 0.29) is 55.2 Å². The molecule has 1 aromatic carbocycles. The lowest BCUT2D eigenvalue weighted by atomic mass is 9.47. The molecule has 5 rings (SSSR count). The Labute approximate surface area is 254 Å². The van der Waals surface area contributed by atoms with Gasteiger partial charge in [0.15, 0.2) is 18.0 Å². The van der Waals surface area contributed by atoms with Crippen LogP contribution < -0.4 is 0 Å². The van der Waals surface area contributed by atoms with Crippen LogP contribution in [0.15, 0.2) is 48.1 Å². The Morgan fingerprint density at radius 1 is 1.14 bits per heavy atom. The third-order valence-electron chi connectivity index (χ3n) is 10.4. The molecule has 12 heteroatoms. The molecule has 4 aliphatic carbocycles. The Kier molecular flexibility index (Phi) is 8.41. The predicted molar refractivity (Wildman–Crippen MR) is 152 cm³/mol. The largest absolute Gasteiger partial charge is 0.509 e. The molecule has 4 aliphatic rings. The summed E-state index contributed by atoms with van der Waals surface area (Å²) in [5.74, 6) is -1.71. The summed E-state index contributed by atoms with van der Waals surface area (Å²) in [4.78, 5) is 66.6. The quantitative estimate of drug-likeness (QED) is 0.183. The van der Waals surface area contributed by atoms with Gasteiger partial charge >= 0.3 is 12.1 Å². The summed E-state index contributed by atoms with van der Waals surface area (Å²) in [6, 6.07) is 5.74. The van der Waals surface area contributed by atoms with E-state index in [1.165, 1.54) is 24.3 Å². The Balaban J connectivity index is 1.39. The summed E-state index contributed by atoms with van der Waals surface area (Å²) in [6.45, 7) is 4.60. The summed E-state index contributed by atoms with van der Waals surface area (Å²) in [5.41, 5.74) is -1.62. The molecule has 0 aromatic heterocycles. The Morgan fingerprint density at radius 3 is 2.55 bits per heavy atom. The number of aliphatic hydroxyl groups excluding tert-OH is 1. The number of nitrogens with zero attached hydrogens (tertiary/aromatic N) is 1. The van der Waals surface area contributed by atoms with Crippen molar-refractivity contribution < 1.29 is 48.4 Å². The highest BCUT2D eigenvalue weighted by atomic mass is 16.9. The molecular weight excluding hydrogens is 574 g/mol. The van der Waals surface area contributed by atoms with Crippen molar-refractivity contribution in [3.63, 3.8) is 0 Å². The number of rotatable bonds is 9. The van der Waals surface area contributed by atoms with Crippen molar-refractivity contribution in [1.82, 2.24) is 0 Å². The monoisotopic (exact) mass is 611 g/mol. The van der Waals surface area contributed by atoms with Crippen LogP contribution >= 0.6 is 0 Å². The highest BCUT2D eigenvalue weighted by Gasteiger charge is 2.70. The van der Waals surface area contributed by atoms with Crippen LogP contribution in [0.3, 0.4) is 0 Å². The number of ketones is 2. The van der Waals surface area contributed by atoms with Gasteiger partial charge in [0, 0.05) is 23.2 Å². The molecule has 1 N–H and O–H groups in total. The van der Waals surface area contributed by atoms with Crippen molar-refractivity contribution in [3.05, 3.63) is 69.3 Å². The lowest BCUT2D eigenvalue weighted by molar-refractivity contribution is -0.763. The van der Waals surface area contributed by atoms with Crippen LogP contribution in [-0.4, -0.2) is 58.8 Å². The maximum Gasteiger partial charge on any atom is 0.509 e. The van der Waals surface area contributed by atoms with Crippen LogP contribution in [0.1, 0.15) is 68.8 Å². The molecule has 7 atom stereocenters. The van der Waals surface area contributed by atoms with Gasteiger partial charge in [0.2, 0.25) is 5.78 Å². The van der Waals surface area contributed by atoms with Gasteiger partial charge in [-0.05, 0) is 68.2 Å². The van der Waals surface area contributed by atoms with E-state index >= 15 is 0 Å². The van der Waals surface area contributed by atoms with Crippen molar-refractivity contribution >= 4 is 23.7 Å². The number of Topliss-reactive ketones (excluding diaryl/α,β-unsaturated/α-hetero) is 1. The molecule has 0 radical (unpaired) electrons. The van der Waals surface area contributed by atoms with E-state index in [2.05, 4.69) is 10.9 Å². The van der Waals surface area contributed by atoms with Crippen molar-refractivity contribution in [1.29, 1.82) is 0 Å². The van der Waals surface area contributed by atoms with Gasteiger partial charge in [-0.15, -0.1) is 10.1 Å². The second-order valence-corrected chi connectivity index (χ2v) is 12.6. The lowest BCUT2D eigenvalue weighted by Crippen LogP contribution is -2.63. The van der Waals surface area contributed by atoms with Gasteiger partial charge in [-0.3, -0.25) is 9.59 Å². The number of hydrogen-bond acceptors (Lipinski definition) is 11. The molecule has 2 saturated carbocycles. The van der Waals surface area contributed by atoms with Crippen LogP contribution in [0.5, 0.6) is 0 Å². The fraction of sp³-hybridized carbons (Fsp3) is 0.562. The maximum atomic E-state index is 14.1. The minimum atomic E-state index is -1.71. The Morgan fingerprint density at radius 2 is 1.86 bits per heavy atom. The van der Waals surface area contributed by atoms with Crippen LogP contribution in [0.2, 0.25) is 0 Å². The molecule has 0 spiro atoms. The Bertz CT molecular complexity index is 1420. The molecule has 0 saturated heterocycles. The first kappa shape index (κ1) is 31.4. The fourth-order valence-corrected chi connectivity index (χ4v) is 8.39. The van der Waals surface area contributed by atoms with E-state index in [1.54, 1.807) is 13.0 Å². The maximum absolute atomic E-state index is 14.1. The summed E-state index contributed by atoms with van der Waals surface area (Å²) in [5, 5.41) is 21.2. The van der Waals surface area contributed by atoms with Crippen LogP contribution in [-0.2, 0) is 35.2 Å². The number of carbonyl (C=O) groups is 4. The zero-order chi connectivity index (χ0) is 31.9. The van der Waals surface area contributed by atoms with E-state index < -0.39 is 52.1 Å². The van der Waals surface area contributed by atoms with E-state index in [0.29, 0.717) is 24.8 Å². The molecule has 0 amide bonds. The smallest absolute Gasteiger partial charge is 0.454 e. The first-order valence-corrected chi connectivity index (χ1v) is 14.9. The number of aliphatic hydroxyl groups is 1. The molecule has 0 bridgehead atoms. The second kappa shape index (κ2) is 11.8. The zero-order valence-electron chi connectivity index (χ0n) is 25.0. The minimum absolute atomic E-state index is 0.0324. The highest BCUT2D eigenvalue weighted by Crippen LogP contribution is 2.67. The minimum Gasteiger partial charge on any atom is -0.454 e. The number of benzene rings is 1. The summed E-state index contributed by atoms with van der Waals surface area (Å²) >= 11 is 0. The van der Waals surface area contributed by atoms with Gasteiger partial charge in [0.25, 0.3) is 5.09 Å².